The maximum atomic E-state index is 13.8. The molecule has 0 aliphatic carbocycles. The van der Waals surface area contributed by atoms with Gasteiger partial charge in [-0.05, 0) is 17.7 Å². The summed E-state index contributed by atoms with van der Waals surface area (Å²) < 4.78 is 23.7. The van der Waals surface area contributed by atoms with Crippen LogP contribution in [0.4, 0.5) is 4.39 Å². The molecule has 1 aromatic rings. The average molecular weight is 283 g/mol. The van der Waals surface area contributed by atoms with Crippen molar-refractivity contribution in [3.63, 3.8) is 0 Å². The molecule has 0 amide bonds. The van der Waals surface area contributed by atoms with E-state index in [4.69, 9.17) is 9.84 Å². The van der Waals surface area contributed by atoms with Gasteiger partial charge in [0.15, 0.2) is 0 Å². The van der Waals surface area contributed by atoms with Gasteiger partial charge >= 0.3 is 5.97 Å². The molecule has 20 heavy (non-hydrogen) atoms. The SMILES string of the molecule is COC(=O)c1ccc(CN2CCOC(CO)C2)cc1F. The summed E-state index contributed by atoms with van der Waals surface area (Å²) in [6.07, 6.45) is -0.192. The fourth-order valence-corrected chi connectivity index (χ4v) is 2.23. The molecule has 2 rings (SSSR count). The number of aliphatic hydroxyl groups is 1. The van der Waals surface area contributed by atoms with Gasteiger partial charge in [0.25, 0.3) is 0 Å². The van der Waals surface area contributed by atoms with E-state index < -0.39 is 11.8 Å². The normalized spacial score (nSPS) is 19.9. The van der Waals surface area contributed by atoms with Crippen LogP contribution in [-0.4, -0.2) is 55.5 Å². The quantitative estimate of drug-likeness (QED) is 0.829. The second kappa shape index (κ2) is 6.78. The van der Waals surface area contributed by atoms with Gasteiger partial charge in [0.2, 0.25) is 0 Å². The van der Waals surface area contributed by atoms with Crippen LogP contribution < -0.4 is 0 Å². The van der Waals surface area contributed by atoms with Crippen molar-refractivity contribution < 1.29 is 23.8 Å². The van der Waals surface area contributed by atoms with Gasteiger partial charge in [0.05, 0.1) is 32.0 Å². The lowest BCUT2D eigenvalue weighted by molar-refractivity contribution is -0.0551. The summed E-state index contributed by atoms with van der Waals surface area (Å²) in [5, 5.41) is 9.08. The summed E-state index contributed by atoms with van der Waals surface area (Å²) in [6, 6.07) is 4.48. The van der Waals surface area contributed by atoms with E-state index in [0.29, 0.717) is 19.7 Å². The highest BCUT2D eigenvalue weighted by molar-refractivity contribution is 5.89. The van der Waals surface area contributed by atoms with Crippen LogP contribution in [0.25, 0.3) is 0 Å². The van der Waals surface area contributed by atoms with Crippen LogP contribution in [0.2, 0.25) is 0 Å². The summed E-state index contributed by atoms with van der Waals surface area (Å²) in [6.45, 7) is 2.42. The highest BCUT2D eigenvalue weighted by Gasteiger charge is 2.20. The Kier molecular flexibility index (Phi) is 5.05. The van der Waals surface area contributed by atoms with E-state index in [1.165, 1.54) is 19.2 Å². The molecular formula is C14H18FNO4. The van der Waals surface area contributed by atoms with E-state index in [2.05, 4.69) is 9.64 Å². The predicted octanol–water partition coefficient (Wildman–Crippen LogP) is 0.805. The Morgan fingerprint density at radius 1 is 1.60 bits per heavy atom. The van der Waals surface area contributed by atoms with Gasteiger partial charge < -0.3 is 14.6 Å². The number of carbonyl (C=O) groups excluding carboxylic acids is 1. The van der Waals surface area contributed by atoms with Crippen molar-refractivity contribution in [2.24, 2.45) is 0 Å². The van der Waals surface area contributed by atoms with Gasteiger partial charge in [-0.25, -0.2) is 9.18 Å². The number of rotatable bonds is 4. The number of hydrogen-bond donors (Lipinski definition) is 1. The third-order valence-corrected chi connectivity index (χ3v) is 3.27. The fraction of sp³-hybridized carbons (Fsp3) is 0.500. The Morgan fingerprint density at radius 2 is 2.40 bits per heavy atom. The largest absolute Gasteiger partial charge is 0.465 e. The molecule has 0 saturated carbocycles. The molecule has 0 bridgehead atoms. The number of methoxy groups -OCH3 is 1. The number of ether oxygens (including phenoxy) is 2. The van der Waals surface area contributed by atoms with Crippen molar-refractivity contribution in [2.75, 3.05) is 33.4 Å². The molecule has 110 valence electrons. The van der Waals surface area contributed by atoms with Gasteiger partial charge in [-0.15, -0.1) is 0 Å². The van der Waals surface area contributed by atoms with Crippen molar-refractivity contribution in [1.82, 2.24) is 4.90 Å². The first-order chi connectivity index (χ1) is 9.63. The molecule has 1 fully saturated rings. The monoisotopic (exact) mass is 283 g/mol. The lowest BCUT2D eigenvalue weighted by Crippen LogP contribution is -2.43. The molecule has 0 aromatic heterocycles. The van der Waals surface area contributed by atoms with Gasteiger partial charge in [0.1, 0.15) is 5.82 Å². The Hall–Kier alpha value is -1.50. The molecular weight excluding hydrogens is 265 g/mol. The van der Waals surface area contributed by atoms with Crippen molar-refractivity contribution in [1.29, 1.82) is 0 Å². The summed E-state index contributed by atoms with van der Waals surface area (Å²) in [7, 11) is 1.22. The van der Waals surface area contributed by atoms with E-state index in [0.717, 1.165) is 12.1 Å². The molecule has 1 aromatic carbocycles. The number of carbonyl (C=O) groups is 1. The molecule has 1 aliphatic heterocycles. The Labute approximate surface area is 116 Å². The number of nitrogens with zero attached hydrogens (tertiary/aromatic N) is 1. The van der Waals surface area contributed by atoms with Crippen LogP contribution in [-0.2, 0) is 16.0 Å². The number of hydrogen-bond acceptors (Lipinski definition) is 5. The molecule has 1 unspecified atom stereocenters. The van der Waals surface area contributed by atoms with E-state index >= 15 is 0 Å². The minimum Gasteiger partial charge on any atom is -0.465 e. The van der Waals surface area contributed by atoms with Gasteiger partial charge in [-0.3, -0.25) is 4.90 Å². The summed E-state index contributed by atoms with van der Waals surface area (Å²) in [5.41, 5.74) is 0.709. The number of aliphatic hydroxyl groups excluding tert-OH is 1. The summed E-state index contributed by atoms with van der Waals surface area (Å²) in [4.78, 5) is 13.4. The summed E-state index contributed by atoms with van der Waals surface area (Å²) in [5.74, 6) is -1.26. The minimum absolute atomic E-state index is 0.0217. The molecule has 1 heterocycles. The number of morpholine rings is 1. The van der Waals surface area contributed by atoms with Gasteiger partial charge in [-0.1, -0.05) is 6.07 Å². The van der Waals surface area contributed by atoms with E-state index in [-0.39, 0.29) is 18.3 Å². The van der Waals surface area contributed by atoms with Crippen molar-refractivity contribution in [2.45, 2.75) is 12.6 Å². The second-order valence-corrected chi connectivity index (χ2v) is 4.72. The lowest BCUT2D eigenvalue weighted by atomic mass is 10.1. The lowest BCUT2D eigenvalue weighted by Gasteiger charge is -2.32. The topological polar surface area (TPSA) is 59.0 Å². The van der Waals surface area contributed by atoms with E-state index in [1.54, 1.807) is 6.07 Å². The number of halogens is 1. The number of esters is 1. The molecule has 6 heteroatoms. The summed E-state index contributed by atoms with van der Waals surface area (Å²) >= 11 is 0. The predicted molar refractivity (Wildman–Crippen MR) is 69.8 cm³/mol. The van der Waals surface area contributed by atoms with Crippen molar-refractivity contribution in [3.05, 3.63) is 35.1 Å². The van der Waals surface area contributed by atoms with E-state index in [1.807, 2.05) is 0 Å². The molecule has 1 N–H and O–H groups in total. The van der Waals surface area contributed by atoms with Gasteiger partial charge in [-0.2, -0.15) is 0 Å². The first-order valence-electron chi connectivity index (χ1n) is 6.45. The molecule has 1 atom stereocenters. The maximum Gasteiger partial charge on any atom is 0.340 e. The van der Waals surface area contributed by atoms with Crippen molar-refractivity contribution >= 4 is 5.97 Å². The van der Waals surface area contributed by atoms with Crippen LogP contribution in [0.15, 0.2) is 18.2 Å². The number of benzene rings is 1. The molecule has 1 saturated heterocycles. The van der Waals surface area contributed by atoms with Crippen LogP contribution in [0, 0.1) is 5.82 Å². The smallest absolute Gasteiger partial charge is 0.340 e. The molecule has 0 radical (unpaired) electrons. The highest BCUT2D eigenvalue weighted by atomic mass is 19.1. The Bertz CT molecular complexity index is 480. The Morgan fingerprint density at radius 3 is 3.05 bits per heavy atom. The highest BCUT2D eigenvalue weighted by Crippen LogP contribution is 2.15. The van der Waals surface area contributed by atoms with Gasteiger partial charge in [0, 0.05) is 19.6 Å². The average Bonchev–Trinajstić information content (AvgIpc) is 2.47. The third-order valence-electron chi connectivity index (χ3n) is 3.27. The minimum atomic E-state index is -0.680. The first-order valence-corrected chi connectivity index (χ1v) is 6.45. The zero-order chi connectivity index (χ0) is 14.5. The molecule has 0 spiro atoms. The van der Waals surface area contributed by atoms with E-state index in [9.17, 15) is 9.18 Å². The maximum absolute atomic E-state index is 13.8. The van der Waals surface area contributed by atoms with Crippen molar-refractivity contribution in [3.8, 4) is 0 Å². The van der Waals surface area contributed by atoms with Crippen LogP contribution in [0.1, 0.15) is 15.9 Å². The molecule has 1 aliphatic rings. The zero-order valence-electron chi connectivity index (χ0n) is 11.3. The second-order valence-electron chi connectivity index (χ2n) is 4.72. The Balaban J connectivity index is 2.03. The molecule has 5 nitrogen and oxygen atoms in total. The van der Waals surface area contributed by atoms with Crippen LogP contribution >= 0.6 is 0 Å². The zero-order valence-corrected chi connectivity index (χ0v) is 11.3. The van der Waals surface area contributed by atoms with Crippen LogP contribution in [0.3, 0.4) is 0 Å². The first kappa shape index (κ1) is 14.9. The third kappa shape index (κ3) is 3.53. The standard InChI is InChI=1S/C14H18FNO4/c1-19-14(18)12-3-2-10(6-13(12)15)7-16-4-5-20-11(8-16)9-17/h2-3,6,11,17H,4-5,7-9H2,1H3. The fourth-order valence-electron chi connectivity index (χ4n) is 2.23. The van der Waals surface area contributed by atoms with Crippen LogP contribution in [0.5, 0.6) is 0 Å².